The molecular formula is C19H29ClN2O3. The number of nitrogens with one attached hydrogen (secondary N) is 1. The van der Waals surface area contributed by atoms with E-state index >= 15 is 0 Å². The third kappa shape index (κ3) is 8.87. The van der Waals surface area contributed by atoms with Crippen molar-refractivity contribution < 1.29 is 9.72 Å². The molecular weight excluding hydrogens is 340 g/mol. The van der Waals surface area contributed by atoms with Crippen LogP contribution in [0.5, 0.6) is 0 Å². The second-order valence-electron chi connectivity index (χ2n) is 6.36. The van der Waals surface area contributed by atoms with E-state index in [0.29, 0.717) is 6.54 Å². The number of hydrogen-bond donors (Lipinski definition) is 1. The number of amides is 1. The maximum atomic E-state index is 12.1. The fraction of sp³-hybridized carbons (Fsp3) is 0.632. The molecule has 0 unspecified atom stereocenters. The largest absolute Gasteiger partial charge is 0.352 e. The van der Waals surface area contributed by atoms with Crippen molar-refractivity contribution in [1.82, 2.24) is 5.32 Å². The number of unbranched alkanes of at least 4 members (excludes halogenated alkanes) is 9. The molecule has 0 aliphatic carbocycles. The van der Waals surface area contributed by atoms with E-state index in [9.17, 15) is 14.9 Å². The summed E-state index contributed by atoms with van der Waals surface area (Å²) >= 11 is 5.75. The van der Waals surface area contributed by atoms with Gasteiger partial charge in [-0.1, -0.05) is 76.3 Å². The van der Waals surface area contributed by atoms with Gasteiger partial charge in [0.2, 0.25) is 0 Å². The number of benzene rings is 1. The van der Waals surface area contributed by atoms with Crippen molar-refractivity contribution in [2.24, 2.45) is 0 Å². The maximum absolute atomic E-state index is 12.1. The van der Waals surface area contributed by atoms with Crippen LogP contribution >= 0.6 is 11.6 Å². The minimum Gasteiger partial charge on any atom is -0.352 e. The lowest BCUT2D eigenvalue weighted by atomic mass is 10.1. The predicted octanol–water partition coefficient (Wildman–Crippen LogP) is 5.90. The first-order valence-electron chi connectivity index (χ1n) is 9.28. The smallest absolute Gasteiger partial charge is 0.283 e. The molecule has 1 N–H and O–H groups in total. The van der Waals surface area contributed by atoms with Crippen molar-refractivity contribution >= 4 is 23.2 Å². The number of nitro groups is 1. The van der Waals surface area contributed by atoms with Crippen LogP contribution in [0.15, 0.2) is 18.2 Å². The Morgan fingerprint density at radius 3 is 2.16 bits per heavy atom. The van der Waals surface area contributed by atoms with Crippen molar-refractivity contribution in [3.8, 4) is 0 Å². The molecule has 0 aliphatic rings. The van der Waals surface area contributed by atoms with Crippen LogP contribution in [0.4, 0.5) is 5.69 Å². The molecule has 0 radical (unpaired) electrons. The summed E-state index contributed by atoms with van der Waals surface area (Å²) in [4.78, 5) is 22.5. The standard InChI is InChI=1S/C19H29ClN2O3/c1-2-3-4-5-6-7-8-9-10-11-14-21-19(23)17-13-12-16(20)15-18(17)22(24)25/h12-13,15H,2-11,14H2,1H3,(H,21,23). The minimum absolute atomic E-state index is 0.0569. The summed E-state index contributed by atoms with van der Waals surface area (Å²) in [5.41, 5.74) is -0.199. The van der Waals surface area contributed by atoms with Gasteiger partial charge in [-0.2, -0.15) is 0 Å². The number of rotatable bonds is 13. The molecule has 25 heavy (non-hydrogen) atoms. The van der Waals surface area contributed by atoms with Gasteiger partial charge in [-0.05, 0) is 18.6 Å². The molecule has 0 heterocycles. The molecule has 0 saturated carbocycles. The summed E-state index contributed by atoms with van der Waals surface area (Å²) in [6.07, 6.45) is 12.3. The number of carbonyl (C=O) groups is 1. The Kier molecular flexibility index (Phi) is 10.9. The molecule has 1 aromatic carbocycles. The van der Waals surface area contributed by atoms with Crippen LogP contribution in [0.25, 0.3) is 0 Å². The zero-order valence-corrected chi connectivity index (χ0v) is 15.8. The fourth-order valence-corrected chi connectivity index (χ4v) is 2.92. The predicted molar refractivity (Wildman–Crippen MR) is 102 cm³/mol. The molecule has 1 aromatic rings. The molecule has 0 atom stereocenters. The highest BCUT2D eigenvalue weighted by Crippen LogP contribution is 2.23. The lowest BCUT2D eigenvalue weighted by Gasteiger charge is -2.06. The van der Waals surface area contributed by atoms with E-state index < -0.39 is 10.8 Å². The SMILES string of the molecule is CCCCCCCCCCCCNC(=O)c1ccc(Cl)cc1[N+](=O)[O-]. The van der Waals surface area contributed by atoms with E-state index in [2.05, 4.69) is 12.2 Å². The minimum atomic E-state index is -0.582. The molecule has 5 nitrogen and oxygen atoms in total. The molecule has 0 aliphatic heterocycles. The van der Waals surface area contributed by atoms with E-state index in [1.807, 2.05) is 0 Å². The quantitative estimate of drug-likeness (QED) is 0.267. The Bertz CT molecular complexity index is 549. The highest BCUT2D eigenvalue weighted by molar-refractivity contribution is 6.31. The van der Waals surface area contributed by atoms with Crippen molar-refractivity contribution in [3.63, 3.8) is 0 Å². The van der Waals surface area contributed by atoms with Gasteiger partial charge in [0.05, 0.1) is 4.92 Å². The van der Waals surface area contributed by atoms with E-state index in [-0.39, 0.29) is 16.3 Å². The lowest BCUT2D eigenvalue weighted by molar-refractivity contribution is -0.385. The van der Waals surface area contributed by atoms with Gasteiger partial charge in [-0.3, -0.25) is 14.9 Å². The number of hydrogen-bond acceptors (Lipinski definition) is 3. The Hall–Kier alpha value is -1.62. The second-order valence-corrected chi connectivity index (χ2v) is 6.79. The topological polar surface area (TPSA) is 72.2 Å². The summed E-state index contributed by atoms with van der Waals surface area (Å²) < 4.78 is 0. The fourth-order valence-electron chi connectivity index (χ4n) is 2.76. The van der Waals surface area contributed by atoms with E-state index in [0.717, 1.165) is 12.8 Å². The lowest BCUT2D eigenvalue weighted by Crippen LogP contribution is -2.25. The Labute approximate surface area is 155 Å². The van der Waals surface area contributed by atoms with Crippen molar-refractivity contribution in [2.75, 3.05) is 6.54 Å². The van der Waals surface area contributed by atoms with Gasteiger partial charge in [-0.25, -0.2) is 0 Å². The summed E-state index contributed by atoms with van der Waals surface area (Å²) in [5, 5.41) is 14.0. The van der Waals surface area contributed by atoms with Crippen molar-refractivity contribution in [1.29, 1.82) is 0 Å². The van der Waals surface area contributed by atoms with Crippen LogP contribution in [0.2, 0.25) is 5.02 Å². The molecule has 1 rings (SSSR count). The highest BCUT2D eigenvalue weighted by atomic mass is 35.5. The Balaban J connectivity index is 2.16. The van der Waals surface area contributed by atoms with E-state index in [1.165, 1.54) is 69.6 Å². The maximum Gasteiger partial charge on any atom is 0.283 e. The van der Waals surface area contributed by atoms with E-state index in [4.69, 9.17) is 11.6 Å². The van der Waals surface area contributed by atoms with Crippen LogP contribution in [0, 0.1) is 10.1 Å². The van der Waals surface area contributed by atoms with Crippen LogP contribution < -0.4 is 5.32 Å². The van der Waals surface area contributed by atoms with Crippen LogP contribution in [-0.2, 0) is 0 Å². The Morgan fingerprint density at radius 2 is 1.60 bits per heavy atom. The summed E-state index contributed by atoms with van der Waals surface area (Å²) in [7, 11) is 0. The molecule has 1 amide bonds. The van der Waals surface area contributed by atoms with Gasteiger partial charge in [-0.15, -0.1) is 0 Å². The van der Waals surface area contributed by atoms with Gasteiger partial charge < -0.3 is 5.32 Å². The van der Waals surface area contributed by atoms with Gasteiger partial charge in [0.1, 0.15) is 5.56 Å². The molecule has 6 heteroatoms. The summed E-state index contributed by atoms with van der Waals surface area (Å²) in [5.74, 6) is -0.417. The molecule has 0 bridgehead atoms. The zero-order chi connectivity index (χ0) is 18.5. The third-order valence-electron chi connectivity index (χ3n) is 4.22. The van der Waals surface area contributed by atoms with Crippen LogP contribution in [0.3, 0.4) is 0 Å². The number of nitrogens with zero attached hydrogens (tertiary/aromatic N) is 1. The van der Waals surface area contributed by atoms with Gasteiger partial charge in [0.25, 0.3) is 11.6 Å². The van der Waals surface area contributed by atoms with Crippen molar-refractivity contribution in [3.05, 3.63) is 38.9 Å². The van der Waals surface area contributed by atoms with Crippen LogP contribution in [-0.4, -0.2) is 17.4 Å². The molecule has 0 saturated heterocycles. The first-order chi connectivity index (χ1) is 12.1. The molecule has 0 fully saturated rings. The van der Waals surface area contributed by atoms with Gasteiger partial charge in [0, 0.05) is 17.6 Å². The third-order valence-corrected chi connectivity index (χ3v) is 4.45. The first-order valence-corrected chi connectivity index (χ1v) is 9.66. The number of carbonyl (C=O) groups excluding carboxylic acids is 1. The van der Waals surface area contributed by atoms with Gasteiger partial charge >= 0.3 is 0 Å². The monoisotopic (exact) mass is 368 g/mol. The number of nitro benzene ring substituents is 1. The summed E-state index contributed by atoms with van der Waals surface area (Å²) in [6, 6.07) is 4.09. The Morgan fingerprint density at radius 1 is 1.04 bits per heavy atom. The number of halogens is 1. The average molecular weight is 369 g/mol. The molecule has 0 spiro atoms. The highest BCUT2D eigenvalue weighted by Gasteiger charge is 2.19. The van der Waals surface area contributed by atoms with E-state index in [1.54, 1.807) is 0 Å². The normalized spacial score (nSPS) is 10.6. The summed E-state index contributed by atoms with van der Waals surface area (Å²) in [6.45, 7) is 2.76. The average Bonchev–Trinajstić information content (AvgIpc) is 2.59. The van der Waals surface area contributed by atoms with Crippen molar-refractivity contribution in [2.45, 2.75) is 71.1 Å². The second kappa shape index (κ2) is 12.7. The van der Waals surface area contributed by atoms with Crippen LogP contribution in [0.1, 0.15) is 81.5 Å². The van der Waals surface area contributed by atoms with Gasteiger partial charge in [0.15, 0.2) is 0 Å². The first kappa shape index (κ1) is 21.4. The molecule has 140 valence electrons. The molecule has 0 aromatic heterocycles. The zero-order valence-electron chi connectivity index (χ0n) is 15.1.